The van der Waals surface area contributed by atoms with Gasteiger partial charge in [-0.15, -0.1) is 0 Å². The van der Waals surface area contributed by atoms with Crippen molar-refractivity contribution in [3.63, 3.8) is 0 Å². The SMILES string of the molecule is Oc1ccc(C2C(O)Oc3ccccc3C2c2ccc(OCCN3CCCC3)cc2)cc1. The van der Waals surface area contributed by atoms with Gasteiger partial charge in [0.15, 0.2) is 0 Å². The van der Waals surface area contributed by atoms with Crippen LogP contribution < -0.4 is 9.47 Å². The van der Waals surface area contributed by atoms with Crippen LogP contribution in [-0.4, -0.2) is 47.6 Å². The Balaban J connectivity index is 1.41. The van der Waals surface area contributed by atoms with Gasteiger partial charge in [0.05, 0.1) is 5.92 Å². The predicted molar refractivity (Wildman–Crippen MR) is 123 cm³/mol. The van der Waals surface area contributed by atoms with E-state index in [1.165, 1.54) is 25.9 Å². The van der Waals surface area contributed by atoms with Crippen molar-refractivity contribution in [2.75, 3.05) is 26.2 Å². The molecule has 32 heavy (non-hydrogen) atoms. The Kier molecular flexibility index (Phi) is 6.02. The Bertz CT molecular complexity index is 1030. The number of nitrogens with zero attached hydrogens (tertiary/aromatic N) is 1. The molecule has 0 aliphatic carbocycles. The molecule has 0 amide bonds. The summed E-state index contributed by atoms with van der Waals surface area (Å²) in [7, 11) is 0. The van der Waals surface area contributed by atoms with E-state index in [9.17, 15) is 10.2 Å². The molecular weight excluding hydrogens is 402 g/mol. The standard InChI is InChI=1S/C27H29NO4/c29-21-11-7-20(8-12-21)26-25(23-5-1-2-6-24(23)32-27(26)30)19-9-13-22(14-10-19)31-18-17-28-15-3-4-16-28/h1-2,5-14,25-27,29-30H,3-4,15-18H2. The summed E-state index contributed by atoms with van der Waals surface area (Å²) in [4.78, 5) is 2.44. The number of hydrogen-bond acceptors (Lipinski definition) is 5. The molecule has 3 aromatic rings. The fourth-order valence-electron chi connectivity index (χ4n) is 4.92. The number of para-hydroxylation sites is 1. The number of likely N-dealkylation sites (tertiary alicyclic amines) is 1. The Labute approximate surface area is 188 Å². The lowest BCUT2D eigenvalue weighted by atomic mass is 9.75. The zero-order valence-corrected chi connectivity index (χ0v) is 18.1. The minimum Gasteiger partial charge on any atom is -0.508 e. The highest BCUT2D eigenvalue weighted by Crippen LogP contribution is 2.48. The van der Waals surface area contributed by atoms with Crippen LogP contribution in [0, 0.1) is 0 Å². The molecule has 5 heteroatoms. The number of ether oxygens (including phenoxy) is 2. The van der Waals surface area contributed by atoms with Gasteiger partial charge in [-0.05, 0) is 67.4 Å². The number of phenols is 1. The predicted octanol–water partition coefficient (Wildman–Crippen LogP) is 4.49. The summed E-state index contributed by atoms with van der Waals surface area (Å²) >= 11 is 0. The van der Waals surface area contributed by atoms with E-state index < -0.39 is 6.29 Å². The molecule has 3 aromatic carbocycles. The van der Waals surface area contributed by atoms with Gasteiger partial charge in [-0.3, -0.25) is 4.90 Å². The molecule has 1 saturated heterocycles. The molecular formula is C27H29NO4. The van der Waals surface area contributed by atoms with E-state index in [-0.39, 0.29) is 17.6 Å². The van der Waals surface area contributed by atoms with E-state index in [0.29, 0.717) is 12.4 Å². The van der Waals surface area contributed by atoms with E-state index in [1.54, 1.807) is 12.1 Å². The van der Waals surface area contributed by atoms with Crippen LogP contribution in [0.4, 0.5) is 0 Å². The average Bonchev–Trinajstić information content (AvgIpc) is 3.33. The molecule has 5 rings (SSSR count). The molecule has 2 aliphatic heterocycles. The number of benzene rings is 3. The molecule has 0 aromatic heterocycles. The summed E-state index contributed by atoms with van der Waals surface area (Å²) in [5, 5.41) is 20.7. The van der Waals surface area contributed by atoms with Crippen molar-refractivity contribution in [2.45, 2.75) is 31.0 Å². The monoisotopic (exact) mass is 431 g/mol. The zero-order chi connectivity index (χ0) is 21.9. The number of aliphatic hydroxyl groups is 1. The van der Waals surface area contributed by atoms with Crippen molar-refractivity contribution < 1.29 is 19.7 Å². The number of hydrogen-bond donors (Lipinski definition) is 2. The van der Waals surface area contributed by atoms with Gasteiger partial charge in [0.1, 0.15) is 23.9 Å². The molecule has 2 aliphatic rings. The first-order valence-electron chi connectivity index (χ1n) is 11.4. The molecule has 3 atom stereocenters. The highest BCUT2D eigenvalue weighted by molar-refractivity contribution is 5.49. The second-order valence-electron chi connectivity index (χ2n) is 8.61. The maximum atomic E-state index is 10.9. The third-order valence-corrected chi connectivity index (χ3v) is 6.56. The molecule has 166 valence electrons. The zero-order valence-electron chi connectivity index (χ0n) is 18.1. The maximum absolute atomic E-state index is 10.9. The third kappa shape index (κ3) is 4.31. The number of fused-ring (bicyclic) bond motifs is 1. The highest BCUT2D eigenvalue weighted by atomic mass is 16.6. The first-order chi connectivity index (χ1) is 15.7. The number of rotatable bonds is 6. The molecule has 1 fully saturated rings. The van der Waals surface area contributed by atoms with Crippen molar-refractivity contribution in [3.8, 4) is 17.2 Å². The maximum Gasteiger partial charge on any atom is 0.205 e. The van der Waals surface area contributed by atoms with Crippen LogP contribution in [0.15, 0.2) is 72.8 Å². The largest absolute Gasteiger partial charge is 0.508 e. The van der Waals surface area contributed by atoms with Crippen molar-refractivity contribution >= 4 is 0 Å². The molecule has 5 nitrogen and oxygen atoms in total. The van der Waals surface area contributed by atoms with Crippen LogP contribution in [0.3, 0.4) is 0 Å². The molecule has 0 bridgehead atoms. The van der Waals surface area contributed by atoms with Gasteiger partial charge in [0.2, 0.25) is 6.29 Å². The van der Waals surface area contributed by atoms with Crippen LogP contribution in [0.25, 0.3) is 0 Å². The van der Waals surface area contributed by atoms with Gasteiger partial charge in [0, 0.05) is 18.0 Å². The molecule has 2 N–H and O–H groups in total. The topological polar surface area (TPSA) is 62.2 Å². The van der Waals surface area contributed by atoms with Gasteiger partial charge < -0.3 is 19.7 Å². The molecule has 2 heterocycles. The second-order valence-corrected chi connectivity index (χ2v) is 8.61. The minimum atomic E-state index is -0.990. The normalized spacial score (nSPS) is 22.8. The average molecular weight is 432 g/mol. The lowest BCUT2D eigenvalue weighted by Crippen LogP contribution is -2.34. The van der Waals surface area contributed by atoms with Crippen LogP contribution in [0.1, 0.15) is 41.4 Å². The second kappa shape index (κ2) is 9.23. The Morgan fingerprint density at radius 3 is 2.31 bits per heavy atom. The van der Waals surface area contributed by atoms with Gasteiger partial charge >= 0.3 is 0 Å². The molecule has 0 saturated carbocycles. The Morgan fingerprint density at radius 1 is 0.875 bits per heavy atom. The van der Waals surface area contributed by atoms with E-state index in [1.807, 2.05) is 42.5 Å². The van der Waals surface area contributed by atoms with Crippen LogP contribution in [0.2, 0.25) is 0 Å². The van der Waals surface area contributed by atoms with Gasteiger partial charge in [0.25, 0.3) is 0 Å². The summed E-state index contributed by atoms with van der Waals surface area (Å²) < 4.78 is 11.9. The van der Waals surface area contributed by atoms with Crippen molar-refractivity contribution in [3.05, 3.63) is 89.5 Å². The first kappa shape index (κ1) is 20.9. The third-order valence-electron chi connectivity index (χ3n) is 6.56. The smallest absolute Gasteiger partial charge is 0.205 e. The number of phenolic OH excluding ortho intramolecular Hbond substituents is 1. The molecule has 3 unspecified atom stereocenters. The summed E-state index contributed by atoms with van der Waals surface area (Å²) in [5.41, 5.74) is 3.05. The van der Waals surface area contributed by atoms with Crippen LogP contribution >= 0.6 is 0 Å². The van der Waals surface area contributed by atoms with Crippen molar-refractivity contribution in [1.29, 1.82) is 0 Å². The van der Waals surface area contributed by atoms with E-state index in [0.717, 1.165) is 29.0 Å². The number of aromatic hydroxyl groups is 1. The Hall–Kier alpha value is -3.02. The highest BCUT2D eigenvalue weighted by Gasteiger charge is 2.39. The summed E-state index contributed by atoms with van der Waals surface area (Å²) in [6.07, 6.45) is 1.58. The van der Waals surface area contributed by atoms with Crippen molar-refractivity contribution in [1.82, 2.24) is 4.90 Å². The van der Waals surface area contributed by atoms with E-state index in [2.05, 4.69) is 23.1 Å². The van der Waals surface area contributed by atoms with Gasteiger partial charge in [-0.25, -0.2) is 0 Å². The van der Waals surface area contributed by atoms with E-state index in [4.69, 9.17) is 9.47 Å². The fraction of sp³-hybridized carbons (Fsp3) is 0.333. The van der Waals surface area contributed by atoms with Crippen LogP contribution in [0.5, 0.6) is 17.2 Å². The summed E-state index contributed by atoms with van der Waals surface area (Å²) in [6.45, 7) is 4.00. The fourth-order valence-corrected chi connectivity index (χ4v) is 4.92. The lowest BCUT2D eigenvalue weighted by molar-refractivity contribution is -0.0530. The summed E-state index contributed by atoms with van der Waals surface area (Å²) in [5.74, 6) is 1.37. The quantitative estimate of drug-likeness (QED) is 0.602. The van der Waals surface area contributed by atoms with Gasteiger partial charge in [-0.2, -0.15) is 0 Å². The molecule has 0 radical (unpaired) electrons. The summed E-state index contributed by atoms with van der Waals surface area (Å²) in [6, 6.07) is 23.1. The van der Waals surface area contributed by atoms with Gasteiger partial charge in [-0.1, -0.05) is 42.5 Å². The Morgan fingerprint density at radius 2 is 1.56 bits per heavy atom. The van der Waals surface area contributed by atoms with E-state index >= 15 is 0 Å². The van der Waals surface area contributed by atoms with Crippen molar-refractivity contribution in [2.24, 2.45) is 0 Å². The molecule has 0 spiro atoms. The number of aliphatic hydroxyl groups excluding tert-OH is 1. The van der Waals surface area contributed by atoms with Crippen LogP contribution in [-0.2, 0) is 0 Å². The minimum absolute atomic E-state index is 0.0851. The lowest BCUT2D eigenvalue weighted by Gasteiger charge is -2.38. The first-order valence-corrected chi connectivity index (χ1v) is 11.4.